The van der Waals surface area contributed by atoms with Crippen LogP contribution in [0.4, 0.5) is 0 Å². The van der Waals surface area contributed by atoms with E-state index in [-0.39, 0.29) is 5.24 Å². The summed E-state index contributed by atoms with van der Waals surface area (Å²) in [4.78, 5) is 12.3. The molecule has 0 aliphatic carbocycles. The highest BCUT2D eigenvalue weighted by atomic mass is 35.5. The third-order valence-corrected chi connectivity index (χ3v) is 3.51. The van der Waals surface area contributed by atoms with Crippen LogP contribution in [0.5, 0.6) is 0 Å². The molecule has 3 heteroatoms. The molecule has 0 amide bonds. The maximum atomic E-state index is 11.1. The molecule has 0 bridgehead atoms. The Hall–Kier alpha value is -0.470. The Bertz CT molecular complexity index is 361. The highest BCUT2D eigenvalue weighted by Crippen LogP contribution is 2.29. The van der Waals surface area contributed by atoms with Crippen LogP contribution in [0.3, 0.4) is 0 Å². The first-order valence-electron chi connectivity index (χ1n) is 4.50. The lowest BCUT2D eigenvalue weighted by Crippen LogP contribution is -1.97. The maximum absolute atomic E-state index is 11.1. The molecule has 0 saturated carbocycles. The number of rotatable bonds is 3. The van der Waals surface area contributed by atoms with E-state index in [2.05, 4.69) is 6.92 Å². The predicted octanol–water partition coefficient (Wildman–Crippen LogP) is 3.79. The summed E-state index contributed by atoms with van der Waals surface area (Å²) >= 11 is 7.23. The van der Waals surface area contributed by atoms with Gasteiger partial charge in [0.05, 0.1) is 0 Å². The smallest absolute Gasteiger partial charge is 0.252 e. The highest BCUT2D eigenvalue weighted by molar-refractivity contribution is 7.99. The van der Waals surface area contributed by atoms with Crippen molar-refractivity contribution in [2.75, 3.05) is 5.75 Å². The molecule has 14 heavy (non-hydrogen) atoms. The van der Waals surface area contributed by atoms with E-state index >= 15 is 0 Å². The molecule has 0 fully saturated rings. The molecule has 0 atom stereocenters. The van der Waals surface area contributed by atoms with Crippen molar-refractivity contribution in [2.24, 2.45) is 0 Å². The van der Waals surface area contributed by atoms with Gasteiger partial charge >= 0.3 is 0 Å². The Balaban J connectivity index is 3.26. The molecule has 1 aromatic carbocycles. The second kappa shape index (κ2) is 4.85. The topological polar surface area (TPSA) is 17.1 Å². The van der Waals surface area contributed by atoms with Crippen molar-refractivity contribution in [1.82, 2.24) is 0 Å². The van der Waals surface area contributed by atoms with Crippen LogP contribution in [0.15, 0.2) is 17.0 Å². The summed E-state index contributed by atoms with van der Waals surface area (Å²) in [7, 11) is 0. The van der Waals surface area contributed by atoms with Crippen molar-refractivity contribution in [2.45, 2.75) is 25.7 Å². The third kappa shape index (κ3) is 2.31. The summed E-state index contributed by atoms with van der Waals surface area (Å²) in [5.41, 5.74) is 2.82. The van der Waals surface area contributed by atoms with Crippen molar-refractivity contribution in [3.8, 4) is 0 Å². The SMILES string of the molecule is CCSc1c(C)ccc(C(=O)Cl)c1C. The lowest BCUT2D eigenvalue weighted by Gasteiger charge is -2.10. The van der Waals surface area contributed by atoms with Gasteiger partial charge in [0.25, 0.3) is 5.24 Å². The number of halogens is 1. The Kier molecular flexibility index (Phi) is 4.02. The lowest BCUT2D eigenvalue weighted by molar-refractivity contribution is 0.108. The summed E-state index contributed by atoms with van der Waals surface area (Å²) in [5, 5.41) is -0.375. The minimum absolute atomic E-state index is 0.375. The number of thioether (sulfide) groups is 1. The summed E-state index contributed by atoms with van der Waals surface area (Å²) in [5.74, 6) is 1.00. The van der Waals surface area contributed by atoms with Crippen LogP contribution < -0.4 is 0 Å². The predicted molar refractivity (Wildman–Crippen MR) is 62.5 cm³/mol. The fourth-order valence-corrected chi connectivity index (χ4v) is 2.52. The minimum atomic E-state index is -0.375. The second-order valence-electron chi connectivity index (χ2n) is 3.09. The fraction of sp³-hybridized carbons (Fsp3) is 0.364. The quantitative estimate of drug-likeness (QED) is 0.578. The fourth-order valence-electron chi connectivity index (χ4n) is 1.41. The van der Waals surface area contributed by atoms with Gasteiger partial charge in [-0.25, -0.2) is 0 Å². The Morgan fingerprint density at radius 3 is 2.57 bits per heavy atom. The maximum Gasteiger partial charge on any atom is 0.252 e. The van der Waals surface area contributed by atoms with E-state index in [1.165, 1.54) is 10.5 Å². The van der Waals surface area contributed by atoms with Crippen LogP contribution in [0.1, 0.15) is 28.4 Å². The first kappa shape index (κ1) is 11.6. The molecular weight excluding hydrogens is 216 g/mol. The molecule has 1 nitrogen and oxygen atoms in total. The van der Waals surface area contributed by atoms with Crippen LogP contribution in [0, 0.1) is 13.8 Å². The average molecular weight is 229 g/mol. The first-order chi connectivity index (χ1) is 6.57. The van der Waals surface area contributed by atoms with E-state index in [0.717, 1.165) is 11.3 Å². The zero-order valence-corrected chi connectivity index (χ0v) is 10.1. The Morgan fingerprint density at radius 2 is 2.07 bits per heavy atom. The molecule has 0 unspecified atom stereocenters. The summed E-state index contributed by atoms with van der Waals surface area (Å²) in [6.45, 7) is 6.09. The molecular formula is C11H13ClOS. The summed E-state index contributed by atoms with van der Waals surface area (Å²) in [6, 6.07) is 3.74. The van der Waals surface area contributed by atoms with Gasteiger partial charge in [-0.05, 0) is 48.4 Å². The normalized spacial score (nSPS) is 10.3. The molecule has 0 radical (unpaired) electrons. The summed E-state index contributed by atoms with van der Waals surface area (Å²) in [6.07, 6.45) is 0. The molecule has 0 saturated heterocycles. The second-order valence-corrected chi connectivity index (χ2v) is 4.71. The van der Waals surface area contributed by atoms with Gasteiger partial charge in [0.2, 0.25) is 0 Å². The van der Waals surface area contributed by atoms with Crippen LogP contribution in [-0.4, -0.2) is 11.0 Å². The van der Waals surface area contributed by atoms with Gasteiger partial charge in [-0.15, -0.1) is 11.8 Å². The zero-order chi connectivity index (χ0) is 10.7. The number of hydrogen-bond donors (Lipinski definition) is 0. The van der Waals surface area contributed by atoms with Gasteiger partial charge in [-0.1, -0.05) is 13.0 Å². The van der Waals surface area contributed by atoms with Crippen LogP contribution in [0.2, 0.25) is 0 Å². The van der Waals surface area contributed by atoms with E-state index in [1.54, 1.807) is 17.8 Å². The van der Waals surface area contributed by atoms with Crippen molar-refractivity contribution in [3.63, 3.8) is 0 Å². The number of benzene rings is 1. The first-order valence-corrected chi connectivity index (χ1v) is 5.87. The summed E-state index contributed by atoms with van der Waals surface area (Å²) < 4.78 is 0. The van der Waals surface area contributed by atoms with Gasteiger partial charge in [0, 0.05) is 10.5 Å². The van der Waals surface area contributed by atoms with Crippen molar-refractivity contribution in [1.29, 1.82) is 0 Å². The van der Waals surface area contributed by atoms with Gasteiger partial charge < -0.3 is 0 Å². The van der Waals surface area contributed by atoms with Crippen molar-refractivity contribution < 1.29 is 4.79 Å². The van der Waals surface area contributed by atoms with E-state index in [0.29, 0.717) is 5.56 Å². The molecule has 0 heterocycles. The van der Waals surface area contributed by atoms with Crippen LogP contribution in [0.25, 0.3) is 0 Å². The lowest BCUT2D eigenvalue weighted by atomic mass is 10.1. The Morgan fingerprint density at radius 1 is 1.43 bits per heavy atom. The monoisotopic (exact) mass is 228 g/mol. The minimum Gasteiger partial charge on any atom is -0.276 e. The third-order valence-electron chi connectivity index (χ3n) is 2.10. The van der Waals surface area contributed by atoms with Gasteiger partial charge in [0.1, 0.15) is 0 Å². The van der Waals surface area contributed by atoms with E-state index in [1.807, 2.05) is 19.9 Å². The van der Waals surface area contributed by atoms with E-state index in [4.69, 9.17) is 11.6 Å². The van der Waals surface area contributed by atoms with Gasteiger partial charge in [-0.3, -0.25) is 4.79 Å². The molecule has 1 rings (SSSR count). The molecule has 0 aliphatic rings. The highest BCUT2D eigenvalue weighted by Gasteiger charge is 2.11. The largest absolute Gasteiger partial charge is 0.276 e. The standard InChI is InChI=1S/C11H13ClOS/c1-4-14-10-7(2)5-6-9(8(10)3)11(12)13/h5-6H,4H2,1-3H3. The van der Waals surface area contributed by atoms with E-state index in [9.17, 15) is 4.79 Å². The van der Waals surface area contributed by atoms with Gasteiger partial charge in [0.15, 0.2) is 0 Å². The molecule has 0 aromatic heterocycles. The number of carbonyl (C=O) groups is 1. The van der Waals surface area contributed by atoms with Crippen LogP contribution >= 0.6 is 23.4 Å². The molecule has 0 N–H and O–H groups in total. The molecule has 0 spiro atoms. The Labute approximate surface area is 93.8 Å². The van der Waals surface area contributed by atoms with Crippen molar-refractivity contribution in [3.05, 3.63) is 28.8 Å². The average Bonchev–Trinajstić information content (AvgIpc) is 2.11. The van der Waals surface area contributed by atoms with Crippen LogP contribution in [-0.2, 0) is 0 Å². The molecule has 76 valence electrons. The molecule has 1 aromatic rings. The van der Waals surface area contributed by atoms with Gasteiger partial charge in [-0.2, -0.15) is 0 Å². The molecule has 0 aliphatic heterocycles. The number of hydrogen-bond acceptors (Lipinski definition) is 2. The number of aryl methyl sites for hydroxylation is 1. The van der Waals surface area contributed by atoms with E-state index < -0.39 is 0 Å². The zero-order valence-electron chi connectivity index (χ0n) is 8.56. The number of carbonyl (C=O) groups excluding carboxylic acids is 1. The van der Waals surface area contributed by atoms with Crippen molar-refractivity contribution >= 4 is 28.6 Å².